The molecule has 104 valence electrons. The summed E-state index contributed by atoms with van der Waals surface area (Å²) < 4.78 is 32.2. The predicted molar refractivity (Wildman–Crippen MR) is 72.6 cm³/mol. The summed E-state index contributed by atoms with van der Waals surface area (Å²) in [4.78, 5) is 0.312. The average molecular weight is 281 g/mol. The Bertz CT molecular complexity index is 530. The lowest BCUT2D eigenvalue weighted by Crippen LogP contribution is -2.25. The summed E-state index contributed by atoms with van der Waals surface area (Å²) in [7, 11) is -3.36. The Morgan fingerprint density at radius 3 is 2.26 bits per heavy atom. The smallest absolute Gasteiger partial charge is 0.240 e. The van der Waals surface area contributed by atoms with E-state index in [1.807, 2.05) is 0 Å². The first-order valence-corrected chi connectivity index (χ1v) is 8.34. The summed E-state index contributed by atoms with van der Waals surface area (Å²) >= 11 is 0. The van der Waals surface area contributed by atoms with E-state index in [0.29, 0.717) is 23.3 Å². The highest BCUT2D eigenvalue weighted by Crippen LogP contribution is 2.30. The van der Waals surface area contributed by atoms with Gasteiger partial charge in [0.1, 0.15) is 5.75 Å². The maximum atomic E-state index is 12.0. The molecule has 4 nitrogen and oxygen atoms in total. The van der Waals surface area contributed by atoms with Gasteiger partial charge < -0.3 is 4.74 Å². The minimum absolute atomic E-state index is 0.312. The Labute approximate surface area is 114 Å². The molecule has 0 spiro atoms. The molecule has 0 amide bonds. The molecule has 1 N–H and O–H groups in total. The van der Waals surface area contributed by atoms with Gasteiger partial charge in [-0.15, -0.1) is 0 Å². The summed E-state index contributed by atoms with van der Waals surface area (Å²) in [5.41, 5.74) is 0. The number of hydrogen-bond donors (Lipinski definition) is 1. The summed E-state index contributed by atoms with van der Waals surface area (Å²) in [6.07, 6.45) is 4.77. The van der Waals surface area contributed by atoms with E-state index < -0.39 is 10.0 Å². The second-order valence-electron chi connectivity index (χ2n) is 5.52. The van der Waals surface area contributed by atoms with Crippen LogP contribution in [0.1, 0.15) is 25.7 Å². The van der Waals surface area contributed by atoms with Gasteiger partial charge in [0.15, 0.2) is 0 Å². The molecular formula is C14H19NO3S. The van der Waals surface area contributed by atoms with E-state index in [2.05, 4.69) is 4.72 Å². The van der Waals surface area contributed by atoms with Gasteiger partial charge in [0.25, 0.3) is 0 Å². The third kappa shape index (κ3) is 3.70. The van der Waals surface area contributed by atoms with Crippen LogP contribution in [0.2, 0.25) is 0 Å². The van der Waals surface area contributed by atoms with Crippen molar-refractivity contribution in [3.05, 3.63) is 24.3 Å². The standard InChI is InChI=1S/C14H19NO3S/c16-19(17,15-9-11-1-2-11)14-7-5-13(6-8-14)18-10-12-3-4-12/h5-8,11-12,15H,1-4,9-10H2. The van der Waals surface area contributed by atoms with Gasteiger partial charge in [0, 0.05) is 6.54 Å². The van der Waals surface area contributed by atoms with Crippen molar-refractivity contribution in [2.45, 2.75) is 30.6 Å². The quantitative estimate of drug-likeness (QED) is 0.833. The minimum Gasteiger partial charge on any atom is -0.493 e. The van der Waals surface area contributed by atoms with Crippen molar-refractivity contribution in [3.8, 4) is 5.75 Å². The van der Waals surface area contributed by atoms with Crippen molar-refractivity contribution < 1.29 is 13.2 Å². The monoisotopic (exact) mass is 281 g/mol. The van der Waals surface area contributed by atoms with Gasteiger partial charge in [-0.2, -0.15) is 0 Å². The van der Waals surface area contributed by atoms with Crippen LogP contribution in [0.5, 0.6) is 5.75 Å². The predicted octanol–water partition coefficient (Wildman–Crippen LogP) is 2.16. The van der Waals surface area contributed by atoms with Crippen LogP contribution >= 0.6 is 0 Å². The average Bonchev–Trinajstić information content (AvgIpc) is 3.29. The fourth-order valence-electron chi connectivity index (χ4n) is 1.85. The number of ether oxygens (including phenoxy) is 1. The van der Waals surface area contributed by atoms with E-state index >= 15 is 0 Å². The lowest BCUT2D eigenvalue weighted by molar-refractivity contribution is 0.299. The van der Waals surface area contributed by atoms with Crippen LogP contribution in [0, 0.1) is 11.8 Å². The Hall–Kier alpha value is -1.07. The molecule has 2 aliphatic carbocycles. The molecule has 5 heteroatoms. The van der Waals surface area contributed by atoms with E-state index in [9.17, 15) is 8.42 Å². The van der Waals surface area contributed by atoms with Crippen molar-refractivity contribution in [2.75, 3.05) is 13.2 Å². The highest BCUT2D eigenvalue weighted by atomic mass is 32.2. The zero-order valence-corrected chi connectivity index (χ0v) is 11.7. The molecule has 2 aliphatic rings. The molecule has 1 aromatic carbocycles. The number of sulfonamides is 1. The van der Waals surface area contributed by atoms with Gasteiger partial charge in [-0.1, -0.05) is 0 Å². The van der Waals surface area contributed by atoms with Crippen LogP contribution < -0.4 is 9.46 Å². The van der Waals surface area contributed by atoms with Crippen LogP contribution in [-0.2, 0) is 10.0 Å². The molecular weight excluding hydrogens is 262 g/mol. The zero-order valence-electron chi connectivity index (χ0n) is 10.8. The molecule has 0 atom stereocenters. The molecule has 0 heterocycles. The molecule has 0 aliphatic heterocycles. The van der Waals surface area contributed by atoms with Gasteiger partial charge in [-0.25, -0.2) is 13.1 Å². The lowest BCUT2D eigenvalue weighted by Gasteiger charge is -2.08. The van der Waals surface area contributed by atoms with Gasteiger partial charge >= 0.3 is 0 Å². The molecule has 0 saturated heterocycles. The van der Waals surface area contributed by atoms with Crippen LogP contribution in [0.25, 0.3) is 0 Å². The molecule has 0 aromatic heterocycles. The largest absolute Gasteiger partial charge is 0.493 e. The SMILES string of the molecule is O=S(=O)(NCC1CC1)c1ccc(OCC2CC2)cc1. The second-order valence-corrected chi connectivity index (χ2v) is 7.29. The van der Waals surface area contributed by atoms with E-state index in [0.717, 1.165) is 25.2 Å². The van der Waals surface area contributed by atoms with Crippen LogP contribution in [0.4, 0.5) is 0 Å². The Morgan fingerprint density at radius 1 is 1.05 bits per heavy atom. The first kappa shape index (κ1) is 12.9. The molecule has 1 aromatic rings. The van der Waals surface area contributed by atoms with Crippen LogP contribution in [0.3, 0.4) is 0 Å². The third-order valence-electron chi connectivity index (χ3n) is 3.58. The van der Waals surface area contributed by atoms with Gasteiger partial charge in [-0.05, 0) is 61.8 Å². The molecule has 3 rings (SSSR count). The van der Waals surface area contributed by atoms with Crippen molar-refractivity contribution in [1.29, 1.82) is 0 Å². The van der Waals surface area contributed by atoms with Crippen molar-refractivity contribution >= 4 is 10.0 Å². The number of hydrogen-bond acceptors (Lipinski definition) is 3. The highest BCUT2D eigenvalue weighted by Gasteiger charge is 2.24. The normalized spacial score (nSPS) is 19.4. The van der Waals surface area contributed by atoms with Crippen molar-refractivity contribution in [2.24, 2.45) is 11.8 Å². The van der Waals surface area contributed by atoms with E-state index in [1.54, 1.807) is 24.3 Å². The van der Waals surface area contributed by atoms with Crippen LogP contribution in [0.15, 0.2) is 29.2 Å². The van der Waals surface area contributed by atoms with Crippen molar-refractivity contribution in [3.63, 3.8) is 0 Å². The molecule has 2 fully saturated rings. The number of nitrogens with one attached hydrogen (secondary N) is 1. The number of rotatable bonds is 7. The summed E-state index contributed by atoms with van der Waals surface area (Å²) in [5.74, 6) is 1.98. The van der Waals surface area contributed by atoms with Crippen LogP contribution in [-0.4, -0.2) is 21.6 Å². The minimum atomic E-state index is -3.36. The van der Waals surface area contributed by atoms with Crippen molar-refractivity contribution in [1.82, 2.24) is 4.72 Å². The molecule has 0 radical (unpaired) electrons. The first-order chi connectivity index (χ1) is 9.13. The summed E-state index contributed by atoms with van der Waals surface area (Å²) in [5, 5.41) is 0. The first-order valence-electron chi connectivity index (χ1n) is 6.86. The number of benzene rings is 1. The van der Waals surface area contributed by atoms with E-state index in [4.69, 9.17) is 4.74 Å². The summed E-state index contributed by atoms with van der Waals surface area (Å²) in [6, 6.07) is 6.68. The van der Waals surface area contributed by atoms with E-state index in [1.165, 1.54) is 12.8 Å². The van der Waals surface area contributed by atoms with Gasteiger partial charge in [0.05, 0.1) is 11.5 Å². The highest BCUT2D eigenvalue weighted by molar-refractivity contribution is 7.89. The summed E-state index contributed by atoms with van der Waals surface area (Å²) in [6.45, 7) is 1.30. The Kier molecular flexibility index (Phi) is 3.50. The maximum absolute atomic E-state index is 12.0. The molecule has 0 bridgehead atoms. The molecule has 0 unspecified atom stereocenters. The zero-order chi connectivity index (χ0) is 13.3. The molecule has 2 saturated carbocycles. The molecule has 19 heavy (non-hydrogen) atoms. The Morgan fingerprint density at radius 2 is 1.68 bits per heavy atom. The maximum Gasteiger partial charge on any atom is 0.240 e. The van der Waals surface area contributed by atoms with Gasteiger partial charge in [0.2, 0.25) is 10.0 Å². The lowest BCUT2D eigenvalue weighted by atomic mass is 10.3. The Balaban J connectivity index is 1.59. The van der Waals surface area contributed by atoms with Gasteiger partial charge in [-0.3, -0.25) is 0 Å². The van der Waals surface area contributed by atoms with E-state index in [-0.39, 0.29) is 0 Å². The fraction of sp³-hybridized carbons (Fsp3) is 0.571. The fourth-order valence-corrected chi connectivity index (χ4v) is 2.96. The second kappa shape index (κ2) is 5.13. The topological polar surface area (TPSA) is 55.4 Å². The third-order valence-corrected chi connectivity index (χ3v) is 5.02.